The first-order valence-electron chi connectivity index (χ1n) is 8.44. The molecule has 1 fully saturated rings. The van der Waals surface area contributed by atoms with Crippen LogP contribution in [0.5, 0.6) is 5.75 Å². The summed E-state index contributed by atoms with van der Waals surface area (Å²) in [6, 6.07) is 8.04. The van der Waals surface area contributed by atoms with Crippen molar-refractivity contribution in [2.45, 2.75) is 51.0 Å². The molecule has 0 radical (unpaired) electrons. The number of fused-ring (bicyclic) bond motifs is 1. The van der Waals surface area contributed by atoms with Crippen molar-refractivity contribution in [1.82, 2.24) is 5.32 Å². The van der Waals surface area contributed by atoms with Crippen LogP contribution in [0.1, 0.15) is 56.6 Å². The van der Waals surface area contributed by atoms with Gasteiger partial charge in [-0.2, -0.15) is 0 Å². The first kappa shape index (κ1) is 15.3. The lowest BCUT2D eigenvalue weighted by Gasteiger charge is -2.36. The minimum absolute atomic E-state index is 0.0209. The van der Waals surface area contributed by atoms with Gasteiger partial charge in [-0.15, -0.1) is 0 Å². The highest BCUT2D eigenvalue weighted by atomic mass is 16.5. The molecule has 22 heavy (non-hydrogen) atoms. The largest absolute Gasteiger partial charge is 0.493 e. The van der Waals surface area contributed by atoms with Crippen molar-refractivity contribution >= 4 is 5.91 Å². The number of carbonyl (C=O) groups is 1. The zero-order valence-electron chi connectivity index (χ0n) is 13.1. The number of para-hydroxylation sites is 1. The molecule has 0 spiro atoms. The molecule has 1 saturated carbocycles. The maximum absolute atomic E-state index is 12.5. The van der Waals surface area contributed by atoms with Crippen LogP contribution in [0.15, 0.2) is 24.3 Å². The highest BCUT2D eigenvalue weighted by molar-refractivity contribution is 5.77. The van der Waals surface area contributed by atoms with Crippen molar-refractivity contribution in [2.24, 2.45) is 11.1 Å². The van der Waals surface area contributed by atoms with Crippen molar-refractivity contribution in [1.29, 1.82) is 0 Å². The van der Waals surface area contributed by atoms with Crippen LogP contribution < -0.4 is 15.8 Å². The second-order valence-corrected chi connectivity index (χ2v) is 6.74. The maximum Gasteiger partial charge on any atom is 0.221 e. The van der Waals surface area contributed by atoms with E-state index in [1.807, 2.05) is 24.3 Å². The van der Waals surface area contributed by atoms with Crippen LogP contribution in [0.3, 0.4) is 0 Å². The lowest BCUT2D eigenvalue weighted by atomic mass is 9.71. The van der Waals surface area contributed by atoms with Gasteiger partial charge in [0.2, 0.25) is 5.91 Å². The number of hydrogen-bond donors (Lipinski definition) is 2. The Morgan fingerprint density at radius 3 is 2.82 bits per heavy atom. The molecule has 1 aromatic carbocycles. The number of ether oxygens (including phenoxy) is 1. The average molecular weight is 302 g/mol. The normalized spacial score (nSPS) is 23.2. The third-order valence-corrected chi connectivity index (χ3v) is 5.18. The first-order chi connectivity index (χ1) is 10.7. The molecule has 4 heteroatoms. The third-order valence-electron chi connectivity index (χ3n) is 5.18. The van der Waals surface area contributed by atoms with E-state index >= 15 is 0 Å². The predicted octanol–water partition coefficient (Wildman–Crippen LogP) is 2.93. The van der Waals surface area contributed by atoms with Crippen molar-refractivity contribution in [3.05, 3.63) is 29.8 Å². The van der Waals surface area contributed by atoms with Gasteiger partial charge in [-0.25, -0.2) is 0 Å². The van der Waals surface area contributed by atoms with Gasteiger partial charge in [0.15, 0.2) is 0 Å². The van der Waals surface area contributed by atoms with Gasteiger partial charge in [0.1, 0.15) is 5.75 Å². The lowest BCUT2D eigenvalue weighted by Crippen LogP contribution is -2.40. The fourth-order valence-corrected chi connectivity index (χ4v) is 3.83. The molecule has 1 amide bonds. The van der Waals surface area contributed by atoms with Crippen LogP contribution in [-0.2, 0) is 4.79 Å². The Balaban J connectivity index is 1.65. The second-order valence-electron chi connectivity index (χ2n) is 6.74. The Hall–Kier alpha value is -1.55. The van der Waals surface area contributed by atoms with Crippen molar-refractivity contribution in [3.8, 4) is 5.75 Å². The fourth-order valence-electron chi connectivity index (χ4n) is 3.83. The molecular formula is C18H26N2O2. The molecule has 1 unspecified atom stereocenters. The summed E-state index contributed by atoms with van der Waals surface area (Å²) in [5, 5.41) is 3.21. The molecule has 1 aromatic rings. The van der Waals surface area contributed by atoms with Crippen LogP contribution in [0, 0.1) is 5.41 Å². The van der Waals surface area contributed by atoms with E-state index in [-0.39, 0.29) is 17.4 Å². The molecule has 0 saturated heterocycles. The Morgan fingerprint density at radius 1 is 1.27 bits per heavy atom. The second kappa shape index (κ2) is 6.69. The number of rotatable bonds is 4. The van der Waals surface area contributed by atoms with E-state index in [4.69, 9.17) is 10.5 Å². The Bertz CT molecular complexity index is 524. The van der Waals surface area contributed by atoms with Crippen LogP contribution in [0.25, 0.3) is 0 Å². The number of amides is 1. The predicted molar refractivity (Wildman–Crippen MR) is 86.6 cm³/mol. The first-order valence-corrected chi connectivity index (χ1v) is 8.44. The van der Waals surface area contributed by atoms with E-state index in [0.717, 1.165) is 30.6 Å². The average Bonchev–Trinajstić information content (AvgIpc) is 2.56. The summed E-state index contributed by atoms with van der Waals surface area (Å²) in [5.41, 5.74) is 7.11. The Labute approximate surface area is 132 Å². The molecule has 120 valence electrons. The van der Waals surface area contributed by atoms with Crippen LogP contribution in [0.2, 0.25) is 0 Å². The van der Waals surface area contributed by atoms with Gasteiger partial charge >= 0.3 is 0 Å². The number of benzene rings is 1. The molecule has 1 heterocycles. The quantitative estimate of drug-likeness (QED) is 0.899. The highest BCUT2D eigenvalue weighted by Gasteiger charge is 2.34. The summed E-state index contributed by atoms with van der Waals surface area (Å²) < 4.78 is 5.65. The number of hydrogen-bond acceptors (Lipinski definition) is 3. The van der Waals surface area contributed by atoms with E-state index in [1.165, 1.54) is 19.3 Å². The van der Waals surface area contributed by atoms with E-state index in [1.54, 1.807) is 0 Å². The SMILES string of the molecule is NCC1(CC(=O)NC2CCOc3ccccc32)CCCCC1. The molecule has 3 rings (SSSR count). The lowest BCUT2D eigenvalue weighted by molar-refractivity contribution is -0.124. The van der Waals surface area contributed by atoms with Crippen LogP contribution in [0.4, 0.5) is 0 Å². The van der Waals surface area contributed by atoms with Crippen molar-refractivity contribution in [3.63, 3.8) is 0 Å². The molecule has 0 bridgehead atoms. The summed E-state index contributed by atoms with van der Waals surface area (Å²) in [5.74, 6) is 1.03. The molecule has 1 aliphatic carbocycles. The zero-order valence-corrected chi connectivity index (χ0v) is 13.1. The van der Waals surface area contributed by atoms with Crippen molar-refractivity contribution in [2.75, 3.05) is 13.2 Å². The van der Waals surface area contributed by atoms with Crippen LogP contribution >= 0.6 is 0 Å². The summed E-state index contributed by atoms with van der Waals surface area (Å²) in [4.78, 5) is 12.5. The maximum atomic E-state index is 12.5. The zero-order chi connectivity index (χ0) is 15.4. The molecule has 2 aliphatic rings. The molecule has 3 N–H and O–H groups in total. The van der Waals surface area contributed by atoms with E-state index in [2.05, 4.69) is 5.32 Å². The highest BCUT2D eigenvalue weighted by Crippen LogP contribution is 2.39. The monoisotopic (exact) mass is 302 g/mol. The van der Waals surface area contributed by atoms with Gasteiger partial charge in [0.05, 0.1) is 12.6 Å². The standard InChI is InChI=1S/C18H26N2O2/c19-13-18(9-4-1-5-10-18)12-17(21)20-15-8-11-22-16-7-3-2-6-14(15)16/h2-3,6-7,15H,1,4-5,8-13,19H2,(H,20,21). The van der Waals surface area contributed by atoms with Gasteiger partial charge in [-0.3, -0.25) is 4.79 Å². The molecular weight excluding hydrogens is 276 g/mol. The minimum Gasteiger partial charge on any atom is -0.493 e. The van der Waals surface area contributed by atoms with Gasteiger partial charge in [0.25, 0.3) is 0 Å². The van der Waals surface area contributed by atoms with E-state index in [9.17, 15) is 4.79 Å². The van der Waals surface area contributed by atoms with Gasteiger partial charge < -0.3 is 15.8 Å². The number of nitrogens with one attached hydrogen (secondary N) is 1. The summed E-state index contributed by atoms with van der Waals surface area (Å²) in [7, 11) is 0. The van der Waals surface area contributed by atoms with E-state index in [0.29, 0.717) is 19.6 Å². The number of nitrogens with two attached hydrogens (primary N) is 1. The summed E-state index contributed by atoms with van der Waals surface area (Å²) in [6.45, 7) is 1.27. The molecule has 4 nitrogen and oxygen atoms in total. The van der Waals surface area contributed by atoms with Crippen LogP contribution in [-0.4, -0.2) is 19.1 Å². The summed E-state index contributed by atoms with van der Waals surface area (Å²) >= 11 is 0. The fraction of sp³-hybridized carbons (Fsp3) is 0.611. The van der Waals surface area contributed by atoms with Gasteiger partial charge in [-0.05, 0) is 30.9 Å². The Morgan fingerprint density at radius 2 is 2.05 bits per heavy atom. The van der Waals surface area contributed by atoms with E-state index < -0.39 is 0 Å². The smallest absolute Gasteiger partial charge is 0.221 e. The topological polar surface area (TPSA) is 64.4 Å². The minimum atomic E-state index is 0.0209. The molecule has 1 aliphatic heterocycles. The third kappa shape index (κ3) is 3.27. The van der Waals surface area contributed by atoms with Gasteiger partial charge in [-0.1, -0.05) is 37.5 Å². The molecule has 1 atom stereocenters. The molecule has 0 aromatic heterocycles. The van der Waals surface area contributed by atoms with Gasteiger partial charge in [0, 0.05) is 18.4 Å². The number of carbonyl (C=O) groups excluding carboxylic acids is 1. The summed E-state index contributed by atoms with van der Waals surface area (Å²) in [6.07, 6.45) is 7.23. The van der Waals surface area contributed by atoms with Crippen molar-refractivity contribution < 1.29 is 9.53 Å². The Kier molecular flexibility index (Phi) is 4.67.